The van der Waals surface area contributed by atoms with Gasteiger partial charge >= 0.3 is 11.9 Å². The van der Waals surface area contributed by atoms with Crippen LogP contribution in [0.2, 0.25) is 0 Å². The highest BCUT2D eigenvalue weighted by Crippen LogP contribution is 2.33. The van der Waals surface area contributed by atoms with Crippen molar-refractivity contribution in [2.24, 2.45) is 7.05 Å². The molecule has 0 N–H and O–H groups in total. The number of carbonyl (C=O) groups is 1. The summed E-state index contributed by atoms with van der Waals surface area (Å²) < 4.78 is 81.1. The number of fused-ring (bicyclic) bond motifs is 1. The monoisotopic (exact) mass is 566 g/mol. The molecule has 0 spiro atoms. The number of halogens is 4. The van der Waals surface area contributed by atoms with Crippen molar-refractivity contribution in [3.63, 3.8) is 0 Å². The highest BCUT2D eigenvalue weighted by molar-refractivity contribution is 7.92. The van der Waals surface area contributed by atoms with Crippen LogP contribution in [0.4, 0.5) is 23.2 Å². The Morgan fingerprint density at radius 3 is 2.34 bits per heavy atom. The summed E-state index contributed by atoms with van der Waals surface area (Å²) in [7, 11) is -3.80. The Labute approximate surface area is 215 Å². The lowest BCUT2D eigenvalue weighted by atomic mass is 10.1. The fourth-order valence-electron chi connectivity index (χ4n) is 3.73. The van der Waals surface area contributed by atoms with Gasteiger partial charge in [-0.05, 0) is 29.7 Å². The number of aromatic nitrogens is 2. The van der Waals surface area contributed by atoms with E-state index in [0.717, 1.165) is 11.3 Å². The Bertz CT molecular complexity index is 1870. The number of hydrogen-bond donors (Lipinski definition) is 0. The summed E-state index contributed by atoms with van der Waals surface area (Å²) in [5.41, 5.74) is -7.09. The third-order valence-corrected chi connectivity index (χ3v) is 7.54. The lowest BCUT2D eigenvalue weighted by Crippen LogP contribution is -2.41. The second-order valence-corrected chi connectivity index (χ2v) is 10.9. The Morgan fingerprint density at radius 1 is 1.11 bits per heavy atom. The number of sulfonamides is 1. The smallest absolute Gasteiger partial charge is 0.292 e. The zero-order chi connectivity index (χ0) is 28.2. The highest BCUT2D eigenvalue weighted by Gasteiger charge is 2.36. The number of carbonyl (C=O) groups excluding carboxylic acids is 1. The summed E-state index contributed by atoms with van der Waals surface area (Å²) in [6.07, 6.45) is -4.43. The van der Waals surface area contributed by atoms with Crippen molar-refractivity contribution in [2.45, 2.75) is 6.18 Å². The van der Waals surface area contributed by atoms with Crippen molar-refractivity contribution in [3.05, 3.63) is 91.3 Å². The summed E-state index contributed by atoms with van der Waals surface area (Å²) in [5, 5.41) is 10.2. The number of nitriles is 1. The van der Waals surface area contributed by atoms with Crippen molar-refractivity contribution in [3.8, 4) is 11.8 Å². The van der Waals surface area contributed by atoms with Crippen LogP contribution in [-0.2, 0) is 23.2 Å². The largest absolute Gasteiger partial charge is 0.431 e. The summed E-state index contributed by atoms with van der Waals surface area (Å²) in [4.78, 5) is 38.6. The fourth-order valence-corrected chi connectivity index (χ4v) is 5.68. The average Bonchev–Trinajstić information content (AvgIpc) is 3.26. The van der Waals surface area contributed by atoms with Crippen LogP contribution < -0.4 is 15.6 Å². The molecule has 0 aliphatic rings. The number of alkyl halides is 3. The SMILES string of the molecule is Cn1c(C(F)(F)F)cc(=O)n(-c2cc(N(C(=O)c3cc4ccccc4s3)S(C)(=O)=O)c(C#N)cc2F)c1=O. The molecule has 0 aliphatic heterocycles. The predicted octanol–water partition coefficient (Wildman–Crippen LogP) is 3.39. The first-order valence-corrected chi connectivity index (χ1v) is 13.0. The molecule has 2 aromatic heterocycles. The molecule has 38 heavy (non-hydrogen) atoms. The molecule has 9 nitrogen and oxygen atoms in total. The second-order valence-electron chi connectivity index (χ2n) is 7.96. The maximum Gasteiger partial charge on any atom is 0.431 e. The quantitative estimate of drug-likeness (QED) is 0.349. The molecule has 0 saturated heterocycles. The van der Waals surface area contributed by atoms with E-state index >= 15 is 4.39 Å². The van der Waals surface area contributed by atoms with Crippen molar-refractivity contribution in [1.29, 1.82) is 5.26 Å². The van der Waals surface area contributed by atoms with Crippen molar-refractivity contribution in [2.75, 3.05) is 10.6 Å². The normalized spacial score (nSPS) is 11.9. The molecule has 0 unspecified atom stereocenters. The number of amides is 1. The van der Waals surface area contributed by atoms with Crippen molar-refractivity contribution >= 4 is 43.0 Å². The molecule has 15 heteroatoms. The van der Waals surface area contributed by atoms with E-state index in [1.54, 1.807) is 30.3 Å². The van der Waals surface area contributed by atoms with E-state index in [1.807, 2.05) is 0 Å². The van der Waals surface area contributed by atoms with Gasteiger partial charge in [-0.2, -0.15) is 18.4 Å². The Hall–Kier alpha value is -4.29. The maximum atomic E-state index is 15.0. The zero-order valence-corrected chi connectivity index (χ0v) is 20.9. The number of nitrogens with zero attached hydrogens (tertiary/aromatic N) is 4. The average molecular weight is 567 g/mol. The summed E-state index contributed by atoms with van der Waals surface area (Å²) in [6, 6.07) is 10.8. The molecule has 4 aromatic rings. The van der Waals surface area contributed by atoms with Gasteiger partial charge in [0.1, 0.15) is 17.6 Å². The number of benzene rings is 2. The summed E-state index contributed by atoms with van der Waals surface area (Å²) in [5.74, 6) is -2.51. The highest BCUT2D eigenvalue weighted by atomic mass is 32.2. The third-order valence-electron chi connectivity index (χ3n) is 5.41. The lowest BCUT2D eigenvalue weighted by Gasteiger charge is -2.22. The molecule has 1 amide bonds. The Morgan fingerprint density at radius 2 is 1.76 bits per heavy atom. The van der Waals surface area contributed by atoms with Crippen LogP contribution in [0.5, 0.6) is 0 Å². The first-order chi connectivity index (χ1) is 17.6. The van der Waals surface area contributed by atoms with Gasteiger partial charge < -0.3 is 0 Å². The van der Waals surface area contributed by atoms with Gasteiger partial charge in [0, 0.05) is 17.8 Å². The molecule has 0 radical (unpaired) electrons. The first kappa shape index (κ1) is 26.8. The standard InChI is InChI=1S/C23H14F4N4O5S2/c1-29-19(23(25,26)27)10-20(32)30(22(29)34)16-9-15(13(11-28)7-14(16)24)31(38(2,35)36)21(33)18-8-12-5-3-4-6-17(12)37-18/h3-10H,1-2H3. The molecule has 0 saturated carbocycles. The maximum absolute atomic E-state index is 15.0. The molecule has 0 atom stereocenters. The third kappa shape index (κ3) is 4.59. The molecule has 2 heterocycles. The Balaban J connectivity index is 1.99. The molecule has 0 aliphatic carbocycles. The minimum Gasteiger partial charge on any atom is -0.292 e. The van der Waals surface area contributed by atoms with Gasteiger partial charge in [0.25, 0.3) is 11.5 Å². The van der Waals surface area contributed by atoms with E-state index in [9.17, 15) is 41.2 Å². The van der Waals surface area contributed by atoms with Crippen LogP contribution in [0, 0.1) is 17.1 Å². The second kappa shape index (κ2) is 9.23. The molecular weight excluding hydrogens is 552 g/mol. The minimum atomic E-state index is -5.08. The van der Waals surface area contributed by atoms with Crippen molar-refractivity contribution < 1.29 is 30.8 Å². The van der Waals surface area contributed by atoms with E-state index in [-0.39, 0.29) is 24.4 Å². The molecule has 196 valence electrons. The van der Waals surface area contributed by atoms with Gasteiger partial charge in [-0.15, -0.1) is 11.3 Å². The number of hydrogen-bond acceptors (Lipinski definition) is 7. The topological polar surface area (TPSA) is 122 Å². The van der Waals surface area contributed by atoms with E-state index in [4.69, 9.17) is 0 Å². The lowest BCUT2D eigenvalue weighted by molar-refractivity contribution is -0.144. The Kier molecular flexibility index (Phi) is 6.50. The summed E-state index contributed by atoms with van der Waals surface area (Å²) >= 11 is 0.945. The minimum absolute atomic E-state index is 0.0413. The van der Waals surface area contributed by atoms with E-state index in [0.29, 0.717) is 35.5 Å². The molecule has 0 fully saturated rings. The molecular formula is C23H14F4N4O5S2. The first-order valence-electron chi connectivity index (χ1n) is 10.3. The van der Waals surface area contributed by atoms with Gasteiger partial charge in [-0.25, -0.2) is 26.5 Å². The van der Waals surface area contributed by atoms with Crippen LogP contribution in [0.1, 0.15) is 20.9 Å². The van der Waals surface area contributed by atoms with Gasteiger partial charge in [0.2, 0.25) is 10.0 Å². The zero-order valence-electron chi connectivity index (χ0n) is 19.3. The van der Waals surface area contributed by atoms with Crippen molar-refractivity contribution in [1.82, 2.24) is 9.13 Å². The fraction of sp³-hybridized carbons (Fsp3) is 0.130. The molecule has 2 aromatic carbocycles. The molecule has 4 rings (SSSR count). The van der Waals surface area contributed by atoms with Crippen LogP contribution in [-0.4, -0.2) is 29.7 Å². The van der Waals surface area contributed by atoms with Crippen LogP contribution in [0.25, 0.3) is 15.8 Å². The van der Waals surface area contributed by atoms with Gasteiger partial charge in [-0.1, -0.05) is 18.2 Å². The predicted molar refractivity (Wildman–Crippen MR) is 130 cm³/mol. The summed E-state index contributed by atoms with van der Waals surface area (Å²) in [6.45, 7) is 0. The number of thiophene rings is 1. The van der Waals surface area contributed by atoms with E-state index < -0.39 is 61.8 Å². The van der Waals surface area contributed by atoms with Gasteiger partial charge in [0.05, 0.1) is 28.1 Å². The van der Waals surface area contributed by atoms with Gasteiger partial charge in [0.15, 0.2) is 0 Å². The number of rotatable bonds is 4. The molecule has 0 bridgehead atoms. The van der Waals surface area contributed by atoms with E-state index in [2.05, 4.69) is 0 Å². The van der Waals surface area contributed by atoms with E-state index in [1.165, 1.54) is 6.07 Å². The van der Waals surface area contributed by atoms with Crippen LogP contribution in [0.3, 0.4) is 0 Å². The van der Waals surface area contributed by atoms with Gasteiger partial charge in [-0.3, -0.25) is 14.2 Å². The van der Waals surface area contributed by atoms with Crippen LogP contribution in [0.15, 0.2) is 58.1 Å². The number of anilines is 1. The van der Waals surface area contributed by atoms with Crippen LogP contribution >= 0.6 is 11.3 Å².